The lowest BCUT2D eigenvalue weighted by molar-refractivity contribution is -0.127. The Morgan fingerprint density at radius 1 is 0.642 bits per heavy atom. The van der Waals surface area contributed by atoms with Gasteiger partial charge in [0.15, 0.2) is 0 Å². The van der Waals surface area contributed by atoms with Crippen molar-refractivity contribution >= 4 is 24.0 Å². The highest BCUT2D eigenvalue weighted by Crippen LogP contribution is 2.58. The molecule has 0 radical (unpaired) electrons. The van der Waals surface area contributed by atoms with Gasteiger partial charge in [-0.25, -0.2) is 19.6 Å². The summed E-state index contributed by atoms with van der Waals surface area (Å²) in [5.41, 5.74) is 3.10. The van der Waals surface area contributed by atoms with Gasteiger partial charge in [0.25, 0.3) is 0 Å². The van der Waals surface area contributed by atoms with Crippen molar-refractivity contribution in [3.8, 4) is 33.6 Å². The van der Waals surface area contributed by atoms with Crippen LogP contribution in [-0.2, 0) is 19.1 Å². The van der Waals surface area contributed by atoms with Crippen molar-refractivity contribution in [2.24, 2.45) is 22.2 Å². The zero-order chi connectivity index (χ0) is 47.9. The van der Waals surface area contributed by atoms with Gasteiger partial charge in [0.2, 0.25) is 11.8 Å². The van der Waals surface area contributed by atoms with E-state index in [1.807, 2.05) is 108 Å². The fourth-order valence-electron chi connectivity index (χ4n) is 9.62. The van der Waals surface area contributed by atoms with Crippen molar-refractivity contribution in [3.05, 3.63) is 133 Å². The minimum atomic E-state index is -1.14. The number of hydrogen-bond donors (Lipinski definition) is 6. The van der Waals surface area contributed by atoms with Crippen LogP contribution >= 0.6 is 0 Å². The van der Waals surface area contributed by atoms with Crippen molar-refractivity contribution in [2.45, 2.75) is 96.8 Å². The number of carbonyl (C=O) groups excluding carboxylic acids is 4. The van der Waals surface area contributed by atoms with E-state index >= 15 is 0 Å². The maximum Gasteiger partial charge on any atom is 0.407 e. The number of benzene rings is 3. The van der Waals surface area contributed by atoms with Crippen LogP contribution < -0.4 is 21.3 Å². The van der Waals surface area contributed by atoms with Crippen LogP contribution in [0.1, 0.15) is 103 Å². The number of hydrogen-bond acceptors (Lipinski definition) is 8. The van der Waals surface area contributed by atoms with Gasteiger partial charge in [-0.2, -0.15) is 0 Å². The Bertz CT molecular complexity index is 2690. The van der Waals surface area contributed by atoms with Crippen LogP contribution in [0.25, 0.3) is 33.6 Å². The number of ether oxygens (including phenoxy) is 2. The monoisotopic (exact) mass is 906 g/mol. The molecule has 2 saturated carbocycles. The second-order valence-electron chi connectivity index (χ2n) is 20.7. The van der Waals surface area contributed by atoms with Crippen LogP contribution in [0.2, 0.25) is 0 Å². The van der Waals surface area contributed by atoms with Crippen molar-refractivity contribution in [2.75, 3.05) is 14.2 Å². The third-order valence-electron chi connectivity index (χ3n) is 13.8. The Morgan fingerprint density at radius 3 is 1.55 bits per heavy atom. The summed E-state index contributed by atoms with van der Waals surface area (Å²) in [5, 5.41) is 12.2. The number of allylic oxidation sites excluding steroid dienone is 4. The first kappa shape index (κ1) is 46.6. The fraction of sp³-hybridized carbons (Fsp3) is 0.396. The Balaban J connectivity index is 0.946. The van der Waals surface area contributed by atoms with Crippen LogP contribution in [-0.4, -0.2) is 69.2 Å². The predicted molar refractivity (Wildman–Crippen MR) is 257 cm³/mol. The van der Waals surface area contributed by atoms with E-state index in [4.69, 9.17) is 19.4 Å². The highest BCUT2D eigenvalue weighted by molar-refractivity contribution is 5.96. The lowest BCUT2D eigenvalue weighted by atomic mass is 9.77. The number of H-pyrrole nitrogens is 2. The first-order valence-electron chi connectivity index (χ1n) is 22.8. The number of aromatic amines is 2. The van der Waals surface area contributed by atoms with Gasteiger partial charge in [-0.15, -0.1) is 0 Å². The second-order valence-corrected chi connectivity index (χ2v) is 20.7. The second kappa shape index (κ2) is 17.7. The van der Waals surface area contributed by atoms with Crippen molar-refractivity contribution < 1.29 is 28.7 Å². The molecular formula is C53H62N8O6. The van der Waals surface area contributed by atoms with E-state index < -0.39 is 46.2 Å². The first-order valence-corrected chi connectivity index (χ1v) is 22.8. The van der Waals surface area contributed by atoms with Gasteiger partial charge < -0.3 is 40.7 Å². The van der Waals surface area contributed by atoms with Gasteiger partial charge in [0.05, 0.1) is 50.1 Å². The number of aromatic nitrogens is 4. The van der Waals surface area contributed by atoms with Crippen LogP contribution in [0.15, 0.2) is 116 Å². The fourth-order valence-corrected chi connectivity index (χ4v) is 9.62. The molecule has 0 aliphatic heterocycles. The molecule has 0 bridgehead atoms. The van der Waals surface area contributed by atoms with Crippen molar-refractivity contribution in [3.63, 3.8) is 0 Å². The molecule has 6 N–H and O–H groups in total. The predicted octanol–water partition coefficient (Wildman–Crippen LogP) is 9.46. The smallest absolute Gasteiger partial charge is 0.407 e. The van der Waals surface area contributed by atoms with E-state index in [1.54, 1.807) is 12.4 Å². The number of carbonyl (C=O) groups is 4. The summed E-state index contributed by atoms with van der Waals surface area (Å²) >= 11 is 0. The summed E-state index contributed by atoms with van der Waals surface area (Å²) in [5.74, 6) is 0.363. The molecule has 2 aromatic heterocycles. The number of methoxy groups -OCH3 is 2. The molecule has 1 unspecified atom stereocenters. The van der Waals surface area contributed by atoms with Crippen molar-refractivity contribution in [1.82, 2.24) is 41.2 Å². The summed E-state index contributed by atoms with van der Waals surface area (Å²) in [6.45, 7) is 14.4. The van der Waals surface area contributed by atoms with E-state index in [-0.39, 0.29) is 29.1 Å². The quantitative estimate of drug-likeness (QED) is 0.0673. The van der Waals surface area contributed by atoms with Crippen LogP contribution in [0.4, 0.5) is 9.59 Å². The van der Waals surface area contributed by atoms with E-state index in [0.717, 1.165) is 45.6 Å². The Morgan fingerprint density at radius 2 is 1.10 bits per heavy atom. The van der Waals surface area contributed by atoms with Crippen LogP contribution in [0.3, 0.4) is 0 Å². The maximum absolute atomic E-state index is 14.3. The number of imidazole rings is 2. The van der Waals surface area contributed by atoms with E-state index in [0.29, 0.717) is 24.5 Å². The standard InChI is InChI=1S/C53H62N8O6/c1-49(2,3)41(58-45(62)52(60-47(64)66-8)28-37(52)34-16-12-10-13-17-34)43-54-30-38(56-43)35-22-18-32(19-23-35)33-20-24-36(25-21-33)39-31-55-44(57-39)42(50(4,5)6)59-46(63)53(61-48(65)67-9)29-40(53)51(7)26-14-11-15-27-51/h10-26,30-31,37,40-42H,27-29H2,1-9H3,(H,54,56)(H,55,57)(H,58,62)(H,59,63)(H,60,64)(H,61,65)/t37-,40-,41-,42-,51?,52-,53-/m1/s1. The minimum absolute atomic E-state index is 0.108. The summed E-state index contributed by atoms with van der Waals surface area (Å²) in [4.78, 5) is 69.9. The van der Waals surface area contributed by atoms with Gasteiger partial charge in [-0.05, 0) is 63.3 Å². The average Bonchev–Trinajstić information content (AvgIpc) is 4.07. The minimum Gasteiger partial charge on any atom is -0.453 e. The molecule has 3 aliphatic rings. The zero-order valence-corrected chi connectivity index (χ0v) is 39.7. The first-order chi connectivity index (χ1) is 31.8. The molecule has 0 saturated heterocycles. The number of amides is 4. The molecule has 67 heavy (non-hydrogen) atoms. The van der Waals surface area contributed by atoms with Gasteiger partial charge in [-0.3, -0.25) is 9.59 Å². The molecule has 350 valence electrons. The Hall–Kier alpha value is -6.96. The molecule has 2 fully saturated rings. The van der Waals surface area contributed by atoms with E-state index in [9.17, 15) is 19.2 Å². The van der Waals surface area contributed by atoms with E-state index in [1.165, 1.54) is 14.2 Å². The number of alkyl carbamates (subject to hydrolysis) is 2. The lowest BCUT2D eigenvalue weighted by Crippen LogP contribution is -2.54. The summed E-state index contributed by atoms with van der Waals surface area (Å²) in [7, 11) is 2.60. The maximum atomic E-state index is 14.3. The number of nitrogens with one attached hydrogen (secondary N) is 6. The molecule has 8 rings (SSSR count). The van der Waals surface area contributed by atoms with E-state index in [2.05, 4.69) is 74.6 Å². The summed E-state index contributed by atoms with van der Waals surface area (Å²) in [6.07, 6.45) is 12.2. The molecule has 14 heteroatoms. The average molecular weight is 907 g/mol. The zero-order valence-electron chi connectivity index (χ0n) is 39.7. The SMILES string of the molecule is COC(=O)N[C@]1(C(=O)N[C@H](c2ncc(-c3ccc(-c4ccc(-c5cnc([C@@H](NC(=O)[C@@]6(NC(=O)OC)C[C@@H]6C6(C)C=CC=CC6)C(C)(C)C)[nH]5)cc4)cc3)[nH]2)C(C)(C)C)C[C@@H]1c1ccccc1. The molecular weight excluding hydrogens is 845 g/mol. The Kier molecular flexibility index (Phi) is 12.3. The highest BCUT2D eigenvalue weighted by atomic mass is 16.5. The highest BCUT2D eigenvalue weighted by Gasteiger charge is 2.67. The normalized spacial score (nSPS) is 23.9. The molecule has 4 amide bonds. The summed E-state index contributed by atoms with van der Waals surface area (Å²) in [6, 6.07) is 25.1. The largest absolute Gasteiger partial charge is 0.453 e. The summed E-state index contributed by atoms with van der Waals surface area (Å²) < 4.78 is 9.88. The molecule has 7 atom stereocenters. The third-order valence-corrected chi connectivity index (χ3v) is 13.8. The van der Waals surface area contributed by atoms with Gasteiger partial charge in [0, 0.05) is 11.8 Å². The number of rotatable bonds is 13. The van der Waals surface area contributed by atoms with Gasteiger partial charge in [0.1, 0.15) is 22.7 Å². The van der Waals surface area contributed by atoms with Crippen molar-refractivity contribution in [1.29, 1.82) is 0 Å². The molecule has 2 heterocycles. The molecule has 5 aromatic rings. The molecule has 3 aliphatic carbocycles. The lowest BCUT2D eigenvalue weighted by Gasteiger charge is -2.34. The van der Waals surface area contributed by atoms with Gasteiger partial charge in [-0.1, -0.05) is 152 Å². The Labute approximate surface area is 392 Å². The molecule has 14 nitrogen and oxygen atoms in total. The van der Waals surface area contributed by atoms with Gasteiger partial charge >= 0.3 is 12.2 Å². The third kappa shape index (κ3) is 9.39. The topological polar surface area (TPSA) is 192 Å². The molecule has 3 aromatic carbocycles. The number of nitrogens with zero attached hydrogens (tertiary/aromatic N) is 2. The molecule has 0 spiro atoms. The van der Waals surface area contributed by atoms with Crippen LogP contribution in [0.5, 0.6) is 0 Å². The van der Waals surface area contributed by atoms with Crippen LogP contribution in [0, 0.1) is 22.2 Å².